The van der Waals surface area contributed by atoms with Crippen molar-refractivity contribution in [2.75, 3.05) is 0 Å². The molecular weight excluding hydrogens is 116 g/mol. The van der Waals surface area contributed by atoms with Crippen molar-refractivity contribution in [3.63, 3.8) is 0 Å². The number of nitrogens with one attached hydrogen (secondary N) is 1. The number of nitrogens with zero attached hydrogens (tertiary/aromatic N) is 3. The zero-order chi connectivity index (χ0) is 6.69. The number of hydrogen-bond donors (Lipinski definition) is 1. The highest BCUT2D eigenvalue weighted by Crippen LogP contribution is 2.04. The van der Waals surface area contributed by atoms with Crippen LogP contribution in [-0.2, 0) is 0 Å². The number of rotatable bonds is 1. The molecule has 1 aromatic heterocycles. The summed E-state index contributed by atoms with van der Waals surface area (Å²) in [5, 5.41) is 3.13. The van der Waals surface area contributed by atoms with Gasteiger partial charge in [-0.2, -0.15) is 0 Å². The molecule has 0 amide bonds. The van der Waals surface area contributed by atoms with Gasteiger partial charge in [-0.1, -0.05) is 0 Å². The van der Waals surface area contributed by atoms with Crippen LogP contribution >= 0.6 is 0 Å². The Balaban J connectivity index is 3.07. The van der Waals surface area contributed by atoms with Gasteiger partial charge < -0.3 is 0 Å². The average Bonchev–Trinajstić information content (AvgIpc) is 1.88. The standard InChI is InChI=1S/C5H6N4/c1-4-2-5(9-6)8-3-7-4/h2-3,6H,1H3. The first-order valence-corrected chi connectivity index (χ1v) is 2.49. The number of aryl methyl sites for hydroxylation is 1. The summed E-state index contributed by atoms with van der Waals surface area (Å²) in [5.41, 5.74) is 7.40. The minimum atomic E-state index is 0.405. The van der Waals surface area contributed by atoms with Gasteiger partial charge in [-0.05, 0) is 6.92 Å². The smallest absolute Gasteiger partial charge is 0.177 e. The molecule has 0 aliphatic rings. The fourth-order valence-corrected chi connectivity index (χ4v) is 0.502. The first-order chi connectivity index (χ1) is 4.33. The van der Waals surface area contributed by atoms with Gasteiger partial charge in [0.15, 0.2) is 5.82 Å². The Hall–Kier alpha value is -1.32. The lowest BCUT2D eigenvalue weighted by atomic mass is 10.4. The van der Waals surface area contributed by atoms with E-state index in [-0.39, 0.29) is 0 Å². The van der Waals surface area contributed by atoms with Gasteiger partial charge >= 0.3 is 0 Å². The molecule has 1 N–H and O–H groups in total. The Bertz CT molecular complexity index is 220. The second-order valence-corrected chi connectivity index (χ2v) is 1.63. The highest BCUT2D eigenvalue weighted by Gasteiger charge is 1.88. The van der Waals surface area contributed by atoms with E-state index in [0.717, 1.165) is 5.69 Å². The van der Waals surface area contributed by atoms with Crippen LogP contribution in [0.5, 0.6) is 0 Å². The van der Waals surface area contributed by atoms with E-state index in [9.17, 15) is 0 Å². The molecule has 4 heteroatoms. The minimum absolute atomic E-state index is 0.405. The van der Waals surface area contributed by atoms with Gasteiger partial charge in [0.05, 0.1) is 0 Å². The fraction of sp³-hybridized carbons (Fsp3) is 0.200. The van der Waals surface area contributed by atoms with Crippen LogP contribution in [0, 0.1) is 12.5 Å². The number of hydrogen-bond acceptors (Lipinski definition) is 4. The Kier molecular flexibility index (Phi) is 1.48. The fourth-order valence-electron chi connectivity index (χ4n) is 0.502. The third kappa shape index (κ3) is 1.28. The summed E-state index contributed by atoms with van der Waals surface area (Å²) in [4.78, 5) is 7.53. The topological polar surface area (TPSA) is 62.0 Å². The van der Waals surface area contributed by atoms with Crippen molar-refractivity contribution in [2.24, 2.45) is 5.11 Å². The lowest BCUT2D eigenvalue weighted by molar-refractivity contribution is 1.03. The van der Waals surface area contributed by atoms with Crippen LogP contribution in [0.4, 0.5) is 5.82 Å². The molecule has 9 heavy (non-hydrogen) atoms. The maximum Gasteiger partial charge on any atom is 0.177 e. The molecule has 0 fully saturated rings. The van der Waals surface area contributed by atoms with Gasteiger partial charge in [-0.15, -0.1) is 5.11 Å². The normalized spacial score (nSPS) is 9.00. The molecule has 0 aromatic carbocycles. The summed E-state index contributed by atoms with van der Waals surface area (Å²) in [6.45, 7) is 1.83. The molecule has 0 unspecified atom stereocenters. The predicted molar refractivity (Wildman–Crippen MR) is 31.6 cm³/mol. The molecule has 1 aromatic rings. The van der Waals surface area contributed by atoms with E-state index in [1.54, 1.807) is 6.07 Å². The Labute approximate surface area is 52.5 Å². The lowest BCUT2D eigenvalue weighted by Gasteiger charge is -1.88. The van der Waals surface area contributed by atoms with E-state index in [1.807, 2.05) is 6.92 Å². The summed E-state index contributed by atoms with van der Waals surface area (Å²) in [6, 6.07) is 1.65. The number of aromatic nitrogens is 2. The van der Waals surface area contributed by atoms with E-state index >= 15 is 0 Å². The molecule has 46 valence electrons. The molecule has 1 rings (SSSR count). The zero-order valence-corrected chi connectivity index (χ0v) is 5.00. The van der Waals surface area contributed by atoms with Crippen molar-refractivity contribution >= 4 is 5.82 Å². The van der Waals surface area contributed by atoms with E-state index in [2.05, 4.69) is 15.1 Å². The molecule has 0 radical (unpaired) electrons. The summed E-state index contributed by atoms with van der Waals surface area (Å²) in [7, 11) is 0. The van der Waals surface area contributed by atoms with Gasteiger partial charge in [0, 0.05) is 11.8 Å². The second-order valence-electron chi connectivity index (χ2n) is 1.63. The van der Waals surface area contributed by atoms with E-state index in [0.29, 0.717) is 5.82 Å². The van der Waals surface area contributed by atoms with Crippen molar-refractivity contribution in [3.05, 3.63) is 18.1 Å². The molecule has 0 atom stereocenters. The Morgan fingerprint density at radius 2 is 2.33 bits per heavy atom. The monoisotopic (exact) mass is 122 g/mol. The maximum absolute atomic E-state index is 6.58. The zero-order valence-electron chi connectivity index (χ0n) is 5.00. The molecule has 1 heterocycles. The van der Waals surface area contributed by atoms with Crippen molar-refractivity contribution in [1.29, 1.82) is 5.53 Å². The van der Waals surface area contributed by atoms with Crippen LogP contribution in [0.1, 0.15) is 5.69 Å². The molecular formula is C5H6N4. The van der Waals surface area contributed by atoms with E-state index in [1.165, 1.54) is 6.33 Å². The molecule has 0 spiro atoms. The Morgan fingerprint density at radius 1 is 1.56 bits per heavy atom. The molecule has 0 saturated heterocycles. The van der Waals surface area contributed by atoms with Crippen LogP contribution in [0.25, 0.3) is 0 Å². The second kappa shape index (κ2) is 2.30. The van der Waals surface area contributed by atoms with Crippen LogP contribution in [0.2, 0.25) is 0 Å². The predicted octanol–water partition coefficient (Wildman–Crippen LogP) is 1.45. The van der Waals surface area contributed by atoms with Crippen molar-refractivity contribution in [2.45, 2.75) is 6.92 Å². The third-order valence-corrected chi connectivity index (χ3v) is 0.904. The average molecular weight is 122 g/mol. The van der Waals surface area contributed by atoms with E-state index in [4.69, 9.17) is 5.53 Å². The highest BCUT2D eigenvalue weighted by atomic mass is 15.0. The van der Waals surface area contributed by atoms with Gasteiger partial charge in [0.2, 0.25) is 0 Å². The van der Waals surface area contributed by atoms with Gasteiger partial charge in [-0.3, -0.25) is 0 Å². The van der Waals surface area contributed by atoms with E-state index < -0.39 is 0 Å². The first-order valence-electron chi connectivity index (χ1n) is 2.49. The van der Waals surface area contributed by atoms with Gasteiger partial charge in [-0.25, -0.2) is 15.5 Å². The molecule has 0 aliphatic carbocycles. The van der Waals surface area contributed by atoms with Crippen molar-refractivity contribution < 1.29 is 0 Å². The molecule has 4 nitrogen and oxygen atoms in total. The molecule has 0 aliphatic heterocycles. The quantitative estimate of drug-likeness (QED) is 0.573. The van der Waals surface area contributed by atoms with Gasteiger partial charge in [0.25, 0.3) is 0 Å². The third-order valence-electron chi connectivity index (χ3n) is 0.904. The minimum Gasteiger partial charge on any atom is -0.242 e. The van der Waals surface area contributed by atoms with Crippen LogP contribution < -0.4 is 0 Å². The summed E-state index contributed by atoms with van der Waals surface area (Å²) >= 11 is 0. The largest absolute Gasteiger partial charge is 0.242 e. The first kappa shape index (κ1) is 5.81. The van der Waals surface area contributed by atoms with Crippen molar-refractivity contribution in [1.82, 2.24) is 9.97 Å². The Morgan fingerprint density at radius 3 is 2.78 bits per heavy atom. The lowest BCUT2D eigenvalue weighted by Crippen LogP contribution is -1.80. The summed E-state index contributed by atoms with van der Waals surface area (Å²) in [5.74, 6) is 0.405. The molecule has 0 bridgehead atoms. The SMILES string of the molecule is Cc1cc(N=N)ncn1. The van der Waals surface area contributed by atoms with Crippen LogP contribution in [0.3, 0.4) is 0 Å². The highest BCUT2D eigenvalue weighted by molar-refractivity contribution is 5.24. The van der Waals surface area contributed by atoms with Crippen LogP contribution in [0.15, 0.2) is 17.5 Å². The van der Waals surface area contributed by atoms with Crippen LogP contribution in [-0.4, -0.2) is 9.97 Å². The van der Waals surface area contributed by atoms with Crippen molar-refractivity contribution in [3.8, 4) is 0 Å². The summed E-state index contributed by atoms with van der Waals surface area (Å²) < 4.78 is 0. The summed E-state index contributed by atoms with van der Waals surface area (Å²) in [6.07, 6.45) is 1.39. The van der Waals surface area contributed by atoms with Gasteiger partial charge in [0.1, 0.15) is 6.33 Å². The molecule has 0 saturated carbocycles. The maximum atomic E-state index is 6.58.